The van der Waals surface area contributed by atoms with Crippen molar-refractivity contribution in [3.8, 4) is 0 Å². The maximum Gasteiger partial charge on any atom is 0.220 e. The first-order valence-corrected chi connectivity index (χ1v) is 7.17. The van der Waals surface area contributed by atoms with E-state index in [2.05, 4.69) is 9.97 Å². The molecule has 1 aliphatic carbocycles. The minimum absolute atomic E-state index is 0.164. The van der Waals surface area contributed by atoms with Crippen molar-refractivity contribution in [3.05, 3.63) is 17.5 Å². The summed E-state index contributed by atoms with van der Waals surface area (Å²) >= 11 is 0. The molecule has 0 saturated heterocycles. The normalized spacial score (nSPS) is 21.2. The summed E-state index contributed by atoms with van der Waals surface area (Å²) in [5, 5.41) is -0.164. The molecule has 0 bridgehead atoms. The Kier molecular flexibility index (Phi) is 2.34. The summed E-state index contributed by atoms with van der Waals surface area (Å²) in [4.78, 5) is 8.04. The van der Waals surface area contributed by atoms with Crippen molar-refractivity contribution < 1.29 is 8.42 Å². The lowest BCUT2D eigenvalue weighted by molar-refractivity contribution is 0.384. The third kappa shape index (κ3) is 1.89. The second-order valence-corrected chi connectivity index (χ2v) is 6.74. The van der Waals surface area contributed by atoms with Crippen molar-refractivity contribution in [2.75, 3.05) is 12.3 Å². The zero-order chi connectivity index (χ0) is 12.0. The van der Waals surface area contributed by atoms with E-state index in [0.29, 0.717) is 19.5 Å². The minimum Gasteiger partial charge on any atom is -0.368 e. The summed E-state index contributed by atoms with van der Waals surface area (Å²) in [6, 6.07) is 0. The minimum atomic E-state index is -3.11. The van der Waals surface area contributed by atoms with E-state index >= 15 is 0 Å². The Morgan fingerprint density at radius 1 is 1.41 bits per heavy atom. The number of nitrogens with zero attached hydrogens (tertiary/aromatic N) is 3. The summed E-state index contributed by atoms with van der Waals surface area (Å²) in [5.74, 6) is 0.203. The molecule has 1 aliphatic heterocycles. The molecule has 17 heavy (non-hydrogen) atoms. The van der Waals surface area contributed by atoms with Gasteiger partial charge >= 0.3 is 0 Å². The molecule has 2 heterocycles. The topological polar surface area (TPSA) is 89.2 Å². The largest absolute Gasteiger partial charge is 0.368 e. The van der Waals surface area contributed by atoms with Crippen LogP contribution >= 0.6 is 0 Å². The predicted octanol–water partition coefficient (Wildman–Crippen LogP) is -0.0909. The summed E-state index contributed by atoms with van der Waals surface area (Å²) in [5.41, 5.74) is 7.26. The number of sulfonamides is 1. The molecule has 1 aromatic rings. The number of anilines is 1. The van der Waals surface area contributed by atoms with E-state index in [0.717, 1.165) is 24.1 Å². The standard InChI is InChI=1S/C10H14N4O2S/c11-10-12-5-7-3-4-14(6-9(7)13-10)17(15,16)8-1-2-8/h5,8H,1-4,6H2,(H2,11,12,13). The lowest BCUT2D eigenvalue weighted by atomic mass is 10.1. The van der Waals surface area contributed by atoms with Crippen molar-refractivity contribution in [1.29, 1.82) is 0 Å². The summed E-state index contributed by atoms with van der Waals surface area (Å²) < 4.78 is 25.7. The van der Waals surface area contributed by atoms with Crippen LogP contribution in [0.4, 0.5) is 5.95 Å². The van der Waals surface area contributed by atoms with Gasteiger partial charge in [-0.05, 0) is 24.8 Å². The van der Waals surface area contributed by atoms with Crippen LogP contribution in [-0.4, -0.2) is 34.5 Å². The van der Waals surface area contributed by atoms with Crippen molar-refractivity contribution in [2.24, 2.45) is 0 Å². The highest BCUT2D eigenvalue weighted by atomic mass is 32.2. The first-order valence-electron chi connectivity index (χ1n) is 5.66. The number of hydrogen-bond donors (Lipinski definition) is 1. The third-order valence-corrected chi connectivity index (χ3v) is 5.58. The van der Waals surface area contributed by atoms with Crippen LogP contribution in [0.15, 0.2) is 6.20 Å². The van der Waals surface area contributed by atoms with E-state index in [1.165, 1.54) is 4.31 Å². The summed E-state index contributed by atoms with van der Waals surface area (Å²) in [6.07, 6.45) is 3.94. The Morgan fingerprint density at radius 3 is 2.88 bits per heavy atom. The summed E-state index contributed by atoms with van der Waals surface area (Å²) in [7, 11) is -3.11. The monoisotopic (exact) mass is 254 g/mol. The molecule has 2 aliphatic rings. The Balaban J connectivity index is 1.89. The van der Waals surface area contributed by atoms with Gasteiger partial charge in [-0.1, -0.05) is 0 Å². The SMILES string of the molecule is Nc1ncc2c(n1)CN(S(=O)(=O)C1CC1)CC2. The first kappa shape index (κ1) is 10.9. The van der Waals surface area contributed by atoms with Crippen LogP contribution in [0.3, 0.4) is 0 Å². The van der Waals surface area contributed by atoms with Crippen LogP contribution in [-0.2, 0) is 23.0 Å². The zero-order valence-electron chi connectivity index (χ0n) is 9.33. The highest BCUT2D eigenvalue weighted by molar-refractivity contribution is 7.90. The number of aromatic nitrogens is 2. The molecule has 2 N–H and O–H groups in total. The fourth-order valence-corrected chi connectivity index (χ4v) is 3.89. The van der Waals surface area contributed by atoms with Gasteiger partial charge in [0, 0.05) is 12.7 Å². The van der Waals surface area contributed by atoms with Crippen LogP contribution < -0.4 is 5.73 Å². The molecule has 1 saturated carbocycles. The van der Waals surface area contributed by atoms with Gasteiger partial charge in [0.05, 0.1) is 17.5 Å². The molecule has 0 aromatic carbocycles. The maximum absolute atomic E-state index is 12.1. The lowest BCUT2D eigenvalue weighted by Gasteiger charge is -2.27. The van der Waals surface area contributed by atoms with Gasteiger partial charge in [0.2, 0.25) is 16.0 Å². The number of nitrogens with two attached hydrogens (primary N) is 1. The molecular formula is C10H14N4O2S. The second-order valence-electron chi connectivity index (χ2n) is 4.53. The average molecular weight is 254 g/mol. The van der Waals surface area contributed by atoms with Crippen molar-refractivity contribution in [3.63, 3.8) is 0 Å². The van der Waals surface area contributed by atoms with Gasteiger partial charge in [-0.15, -0.1) is 0 Å². The van der Waals surface area contributed by atoms with Gasteiger partial charge in [0.15, 0.2) is 0 Å². The van der Waals surface area contributed by atoms with Gasteiger partial charge in [0.1, 0.15) is 0 Å². The smallest absolute Gasteiger partial charge is 0.220 e. The molecule has 0 radical (unpaired) electrons. The second kappa shape index (κ2) is 3.64. The van der Waals surface area contributed by atoms with Crippen LogP contribution in [0.5, 0.6) is 0 Å². The number of fused-ring (bicyclic) bond motifs is 1. The van der Waals surface area contributed by atoms with Crippen LogP contribution in [0, 0.1) is 0 Å². The van der Waals surface area contributed by atoms with Crippen molar-refractivity contribution in [2.45, 2.75) is 31.1 Å². The zero-order valence-corrected chi connectivity index (χ0v) is 10.2. The molecule has 0 amide bonds. The van der Waals surface area contributed by atoms with E-state index < -0.39 is 10.0 Å². The van der Waals surface area contributed by atoms with Crippen molar-refractivity contribution in [1.82, 2.24) is 14.3 Å². The Bertz CT molecular complexity index is 553. The predicted molar refractivity (Wildman–Crippen MR) is 62.5 cm³/mol. The fraction of sp³-hybridized carbons (Fsp3) is 0.600. The van der Waals surface area contributed by atoms with Crippen molar-refractivity contribution >= 4 is 16.0 Å². The molecular weight excluding hydrogens is 240 g/mol. The van der Waals surface area contributed by atoms with E-state index in [9.17, 15) is 8.42 Å². The molecule has 1 fully saturated rings. The first-order chi connectivity index (χ1) is 8.07. The molecule has 0 atom stereocenters. The average Bonchev–Trinajstić information content (AvgIpc) is 3.12. The van der Waals surface area contributed by atoms with Gasteiger partial charge in [-0.25, -0.2) is 18.4 Å². The molecule has 92 valence electrons. The highest BCUT2D eigenvalue weighted by Gasteiger charge is 2.41. The molecule has 0 unspecified atom stereocenters. The van der Waals surface area contributed by atoms with E-state index in [1.54, 1.807) is 6.20 Å². The Hall–Kier alpha value is -1.21. The number of hydrogen-bond acceptors (Lipinski definition) is 5. The van der Waals surface area contributed by atoms with E-state index in [-0.39, 0.29) is 11.2 Å². The maximum atomic E-state index is 12.1. The molecule has 0 spiro atoms. The van der Waals surface area contributed by atoms with E-state index in [1.807, 2.05) is 0 Å². The number of nitrogen functional groups attached to an aromatic ring is 1. The van der Waals surface area contributed by atoms with Crippen LogP contribution in [0.1, 0.15) is 24.1 Å². The molecule has 3 rings (SSSR count). The lowest BCUT2D eigenvalue weighted by Crippen LogP contribution is -2.38. The van der Waals surface area contributed by atoms with Gasteiger partial charge in [0.25, 0.3) is 0 Å². The van der Waals surface area contributed by atoms with Gasteiger partial charge in [-0.2, -0.15) is 4.31 Å². The Labute approximate surface area is 99.9 Å². The summed E-state index contributed by atoms with van der Waals surface area (Å²) in [6.45, 7) is 0.861. The van der Waals surface area contributed by atoms with Gasteiger partial charge in [-0.3, -0.25) is 0 Å². The fourth-order valence-electron chi connectivity index (χ4n) is 2.09. The molecule has 1 aromatic heterocycles. The van der Waals surface area contributed by atoms with Gasteiger partial charge < -0.3 is 5.73 Å². The van der Waals surface area contributed by atoms with E-state index in [4.69, 9.17) is 5.73 Å². The Morgan fingerprint density at radius 2 is 2.18 bits per heavy atom. The number of rotatable bonds is 2. The molecule has 6 nitrogen and oxygen atoms in total. The van der Waals surface area contributed by atoms with Crippen LogP contribution in [0.25, 0.3) is 0 Å². The third-order valence-electron chi connectivity index (χ3n) is 3.24. The molecule has 7 heteroatoms. The van der Waals surface area contributed by atoms with Crippen LogP contribution in [0.2, 0.25) is 0 Å². The highest BCUT2D eigenvalue weighted by Crippen LogP contribution is 2.33. The quantitative estimate of drug-likeness (QED) is 0.796.